The minimum atomic E-state index is 0.250. The number of carbonyl (C=O) groups excluding carboxylic acids is 2. The molecule has 0 bridgehead atoms. The first-order valence-corrected chi connectivity index (χ1v) is 5.87. The van der Waals surface area contributed by atoms with Crippen LogP contribution < -0.4 is 0 Å². The molecule has 0 aromatic carbocycles. The lowest BCUT2D eigenvalue weighted by Gasteiger charge is -2.33. The van der Waals surface area contributed by atoms with Crippen LogP contribution in [0.15, 0.2) is 0 Å². The Morgan fingerprint density at radius 3 is 2.07 bits per heavy atom. The summed E-state index contributed by atoms with van der Waals surface area (Å²) in [5, 5.41) is 0. The smallest absolute Gasteiger partial charge is 0.303 e. The molecule has 1 rings (SSSR count). The Balaban J connectivity index is 0.000000583. The van der Waals surface area contributed by atoms with Crippen LogP contribution in [-0.2, 0) is 9.59 Å². The summed E-state index contributed by atoms with van der Waals surface area (Å²) in [4.78, 5) is 18.9. The number of rotatable bonds is 3. The van der Waals surface area contributed by atoms with E-state index in [9.17, 15) is 0 Å². The molecule has 88 valence electrons. The van der Waals surface area contributed by atoms with Crippen molar-refractivity contribution in [1.29, 1.82) is 0 Å². The molecule has 1 aliphatic heterocycles. The Morgan fingerprint density at radius 2 is 1.73 bits per heavy atom. The molecule has 1 saturated heterocycles. The highest BCUT2D eigenvalue weighted by atomic mass is 16.2. The van der Waals surface area contributed by atoms with Gasteiger partial charge < -0.3 is 4.90 Å². The predicted molar refractivity (Wildman–Crippen MR) is 59.3 cm³/mol. The van der Waals surface area contributed by atoms with E-state index >= 15 is 0 Å². The molecule has 0 atom stereocenters. The third-order valence-electron chi connectivity index (χ3n) is 3.11. The van der Waals surface area contributed by atoms with E-state index in [1.54, 1.807) is 0 Å². The number of likely N-dealkylation sites (tertiary alicyclic amines) is 1. The van der Waals surface area contributed by atoms with Gasteiger partial charge in [0.05, 0.1) is 0 Å². The highest BCUT2D eigenvalue weighted by Crippen LogP contribution is 2.24. The molecule has 1 aliphatic rings. The molecule has 0 aromatic rings. The van der Waals surface area contributed by atoms with Gasteiger partial charge in [0.15, 0.2) is 0 Å². The summed E-state index contributed by atoms with van der Waals surface area (Å²) in [5.41, 5.74) is 0. The first kappa shape index (κ1) is 14.3. The number of hydrogen-bond donors (Lipinski definition) is 0. The third kappa shape index (κ3) is 6.43. The van der Waals surface area contributed by atoms with Crippen LogP contribution in [0.25, 0.3) is 0 Å². The topological polar surface area (TPSA) is 37.4 Å². The van der Waals surface area contributed by atoms with Crippen molar-refractivity contribution in [2.24, 2.45) is 11.8 Å². The van der Waals surface area contributed by atoms with E-state index in [1.165, 1.54) is 38.9 Å². The maximum Gasteiger partial charge on any atom is 0.373 e. The van der Waals surface area contributed by atoms with Crippen molar-refractivity contribution in [2.45, 2.75) is 40.0 Å². The summed E-state index contributed by atoms with van der Waals surface area (Å²) < 4.78 is 0. The van der Waals surface area contributed by atoms with Gasteiger partial charge in [-0.3, -0.25) is 0 Å². The fourth-order valence-corrected chi connectivity index (χ4v) is 2.16. The summed E-state index contributed by atoms with van der Waals surface area (Å²) in [6.45, 7) is 11.0. The molecule has 0 spiro atoms. The lowest BCUT2D eigenvalue weighted by atomic mass is 9.87. The Bertz CT molecular complexity index is 178. The van der Waals surface area contributed by atoms with E-state index in [0.717, 1.165) is 11.8 Å². The molecular weight excluding hydrogens is 190 g/mol. The Labute approximate surface area is 92.8 Å². The molecule has 0 aromatic heterocycles. The van der Waals surface area contributed by atoms with Gasteiger partial charge in [0, 0.05) is 0 Å². The van der Waals surface area contributed by atoms with E-state index in [4.69, 9.17) is 9.59 Å². The summed E-state index contributed by atoms with van der Waals surface area (Å²) in [5.74, 6) is 1.90. The summed E-state index contributed by atoms with van der Waals surface area (Å²) in [7, 11) is 0. The minimum absolute atomic E-state index is 0.250. The molecule has 0 amide bonds. The van der Waals surface area contributed by atoms with E-state index < -0.39 is 0 Å². The SMILES string of the molecule is CCCN1CCC(C(C)C)CC1.O=C=O. The van der Waals surface area contributed by atoms with Crippen LogP contribution in [0.5, 0.6) is 0 Å². The van der Waals surface area contributed by atoms with E-state index in [2.05, 4.69) is 25.7 Å². The minimum Gasteiger partial charge on any atom is -0.303 e. The zero-order valence-electron chi connectivity index (χ0n) is 10.2. The summed E-state index contributed by atoms with van der Waals surface area (Å²) in [6.07, 6.45) is 4.42. The second-order valence-corrected chi connectivity index (χ2v) is 4.51. The molecule has 0 N–H and O–H groups in total. The molecular formula is C12H23NO2. The van der Waals surface area contributed by atoms with E-state index in [1.807, 2.05) is 0 Å². The Morgan fingerprint density at radius 1 is 1.27 bits per heavy atom. The van der Waals surface area contributed by atoms with Crippen LogP contribution in [0.1, 0.15) is 40.0 Å². The van der Waals surface area contributed by atoms with Crippen molar-refractivity contribution in [2.75, 3.05) is 19.6 Å². The predicted octanol–water partition coefficient (Wildman–Crippen LogP) is 2.18. The first-order valence-electron chi connectivity index (χ1n) is 5.87. The standard InChI is InChI=1S/C11H23N.CO2/c1-4-7-12-8-5-11(6-9-12)10(2)3;2-1-3/h10-11H,4-9H2,1-3H3;. The van der Waals surface area contributed by atoms with Gasteiger partial charge in [-0.05, 0) is 50.7 Å². The van der Waals surface area contributed by atoms with Crippen LogP contribution in [0.4, 0.5) is 0 Å². The van der Waals surface area contributed by atoms with Gasteiger partial charge in [-0.25, -0.2) is 0 Å². The van der Waals surface area contributed by atoms with E-state index in [0.29, 0.717) is 0 Å². The number of nitrogens with zero attached hydrogens (tertiary/aromatic N) is 1. The van der Waals surface area contributed by atoms with Crippen LogP contribution in [0.2, 0.25) is 0 Å². The van der Waals surface area contributed by atoms with Gasteiger partial charge >= 0.3 is 6.15 Å². The Kier molecular flexibility index (Phi) is 8.25. The molecule has 1 heterocycles. The molecule has 0 aliphatic carbocycles. The van der Waals surface area contributed by atoms with Crippen molar-refractivity contribution in [1.82, 2.24) is 4.90 Å². The fraction of sp³-hybridized carbons (Fsp3) is 0.917. The first-order chi connectivity index (χ1) is 7.15. The maximum absolute atomic E-state index is 8.12. The van der Waals surface area contributed by atoms with Crippen LogP contribution in [0.3, 0.4) is 0 Å². The molecule has 0 radical (unpaired) electrons. The molecule has 1 fully saturated rings. The normalized spacial score (nSPS) is 18.1. The number of piperidine rings is 1. The van der Waals surface area contributed by atoms with Crippen LogP contribution >= 0.6 is 0 Å². The van der Waals surface area contributed by atoms with Gasteiger partial charge in [0.2, 0.25) is 0 Å². The average molecular weight is 213 g/mol. The van der Waals surface area contributed by atoms with Gasteiger partial charge in [0.1, 0.15) is 0 Å². The molecule has 15 heavy (non-hydrogen) atoms. The lowest BCUT2D eigenvalue weighted by molar-refractivity contribution is -0.191. The molecule has 0 saturated carbocycles. The molecule has 3 nitrogen and oxygen atoms in total. The monoisotopic (exact) mass is 213 g/mol. The van der Waals surface area contributed by atoms with Crippen LogP contribution in [0, 0.1) is 11.8 Å². The Hall–Kier alpha value is -0.660. The van der Waals surface area contributed by atoms with Crippen molar-refractivity contribution in [3.05, 3.63) is 0 Å². The number of hydrogen-bond acceptors (Lipinski definition) is 3. The van der Waals surface area contributed by atoms with Crippen molar-refractivity contribution >= 4 is 6.15 Å². The highest BCUT2D eigenvalue weighted by Gasteiger charge is 2.20. The summed E-state index contributed by atoms with van der Waals surface area (Å²) in [6, 6.07) is 0. The third-order valence-corrected chi connectivity index (χ3v) is 3.11. The van der Waals surface area contributed by atoms with Crippen LogP contribution in [-0.4, -0.2) is 30.7 Å². The van der Waals surface area contributed by atoms with Crippen molar-refractivity contribution in [3.8, 4) is 0 Å². The highest BCUT2D eigenvalue weighted by molar-refractivity contribution is 5.20. The molecule has 0 unspecified atom stereocenters. The van der Waals surface area contributed by atoms with Gasteiger partial charge in [-0.15, -0.1) is 0 Å². The van der Waals surface area contributed by atoms with Crippen molar-refractivity contribution in [3.63, 3.8) is 0 Å². The zero-order valence-corrected chi connectivity index (χ0v) is 10.2. The maximum atomic E-state index is 8.12. The lowest BCUT2D eigenvalue weighted by Crippen LogP contribution is -2.35. The summed E-state index contributed by atoms with van der Waals surface area (Å²) >= 11 is 0. The van der Waals surface area contributed by atoms with Crippen molar-refractivity contribution < 1.29 is 9.59 Å². The van der Waals surface area contributed by atoms with Gasteiger partial charge in [-0.1, -0.05) is 20.8 Å². The van der Waals surface area contributed by atoms with Gasteiger partial charge in [0.25, 0.3) is 0 Å². The fourth-order valence-electron chi connectivity index (χ4n) is 2.16. The second-order valence-electron chi connectivity index (χ2n) is 4.51. The molecule has 3 heteroatoms. The average Bonchev–Trinajstić information content (AvgIpc) is 2.20. The van der Waals surface area contributed by atoms with E-state index in [-0.39, 0.29) is 6.15 Å². The second kappa shape index (κ2) is 8.63. The van der Waals surface area contributed by atoms with Gasteiger partial charge in [-0.2, -0.15) is 9.59 Å². The zero-order chi connectivity index (χ0) is 11.7. The quantitative estimate of drug-likeness (QED) is 0.721. The largest absolute Gasteiger partial charge is 0.373 e.